The van der Waals surface area contributed by atoms with E-state index in [2.05, 4.69) is 10.1 Å². The van der Waals surface area contributed by atoms with Crippen LogP contribution in [0.2, 0.25) is 0 Å². The maximum atomic E-state index is 13.8. The number of hydrogen-bond donors (Lipinski definition) is 0. The zero-order valence-electron chi connectivity index (χ0n) is 18.6. The van der Waals surface area contributed by atoms with Crippen molar-refractivity contribution in [3.8, 4) is 17.1 Å². The van der Waals surface area contributed by atoms with Crippen LogP contribution < -0.4 is 4.74 Å². The predicted octanol–water partition coefficient (Wildman–Crippen LogP) is 3.11. The minimum Gasteiger partial charge on any atom is -0.497 e. The third-order valence-electron chi connectivity index (χ3n) is 5.71. The predicted molar refractivity (Wildman–Crippen MR) is 118 cm³/mol. The second kappa shape index (κ2) is 9.81. The van der Waals surface area contributed by atoms with Gasteiger partial charge in [-0.25, -0.2) is 4.39 Å². The first-order chi connectivity index (χ1) is 15.9. The van der Waals surface area contributed by atoms with Gasteiger partial charge in [0.15, 0.2) is 0 Å². The number of aromatic nitrogens is 2. The highest BCUT2D eigenvalue weighted by atomic mass is 19.1. The number of halogens is 1. The SMILES string of the molecule is COc1ccc(-c2noc(CCC(=O)N3CCN(C(=O)c4ccc(C)c(F)c4)CC3)n2)cc1. The molecule has 1 fully saturated rings. The molecule has 0 atom stereocenters. The molecule has 1 saturated heterocycles. The van der Waals surface area contributed by atoms with E-state index in [-0.39, 0.29) is 18.2 Å². The molecular weight excluding hydrogens is 427 g/mol. The van der Waals surface area contributed by atoms with Crippen LogP contribution in [0, 0.1) is 12.7 Å². The molecular formula is C24H25FN4O4. The smallest absolute Gasteiger partial charge is 0.254 e. The third-order valence-corrected chi connectivity index (χ3v) is 5.71. The zero-order valence-corrected chi connectivity index (χ0v) is 18.6. The topological polar surface area (TPSA) is 88.8 Å². The molecule has 33 heavy (non-hydrogen) atoms. The van der Waals surface area contributed by atoms with Gasteiger partial charge in [0.1, 0.15) is 11.6 Å². The summed E-state index contributed by atoms with van der Waals surface area (Å²) in [5.41, 5.74) is 1.62. The number of piperazine rings is 1. The molecule has 0 unspecified atom stereocenters. The van der Waals surface area contributed by atoms with Gasteiger partial charge >= 0.3 is 0 Å². The average Bonchev–Trinajstić information content (AvgIpc) is 3.33. The van der Waals surface area contributed by atoms with Crippen molar-refractivity contribution in [1.29, 1.82) is 0 Å². The van der Waals surface area contributed by atoms with E-state index in [9.17, 15) is 14.0 Å². The molecule has 0 radical (unpaired) electrons. The Kier molecular flexibility index (Phi) is 6.67. The van der Waals surface area contributed by atoms with Crippen LogP contribution in [0.15, 0.2) is 47.0 Å². The van der Waals surface area contributed by atoms with Crippen molar-refractivity contribution in [3.05, 3.63) is 65.3 Å². The molecule has 0 bridgehead atoms. The summed E-state index contributed by atoms with van der Waals surface area (Å²) in [7, 11) is 1.60. The molecule has 1 aliphatic heterocycles. The van der Waals surface area contributed by atoms with Crippen LogP contribution in [0.25, 0.3) is 11.4 Å². The van der Waals surface area contributed by atoms with Gasteiger partial charge in [0, 0.05) is 50.1 Å². The van der Waals surface area contributed by atoms with Crippen molar-refractivity contribution in [2.24, 2.45) is 0 Å². The molecule has 172 valence electrons. The molecule has 0 saturated carbocycles. The number of benzene rings is 2. The van der Waals surface area contributed by atoms with E-state index in [0.29, 0.717) is 55.4 Å². The number of ether oxygens (including phenoxy) is 1. The first-order valence-corrected chi connectivity index (χ1v) is 10.7. The van der Waals surface area contributed by atoms with Gasteiger partial charge in [-0.3, -0.25) is 9.59 Å². The van der Waals surface area contributed by atoms with E-state index in [1.54, 1.807) is 36.0 Å². The number of carbonyl (C=O) groups is 2. The quantitative estimate of drug-likeness (QED) is 0.571. The highest BCUT2D eigenvalue weighted by Crippen LogP contribution is 2.20. The summed E-state index contributed by atoms with van der Waals surface area (Å²) in [5.74, 6) is 0.932. The number of amides is 2. The number of nitrogens with zero attached hydrogens (tertiary/aromatic N) is 4. The summed E-state index contributed by atoms with van der Waals surface area (Å²) in [6, 6.07) is 11.8. The standard InChI is InChI=1S/C24H25FN4O4/c1-16-3-4-18(15-20(16)25)24(31)29-13-11-28(12-14-29)22(30)10-9-21-26-23(27-33-21)17-5-7-19(32-2)8-6-17/h3-8,15H,9-14H2,1-2H3. The Morgan fingerprint density at radius 2 is 1.76 bits per heavy atom. The van der Waals surface area contributed by atoms with E-state index in [1.807, 2.05) is 24.3 Å². The zero-order chi connectivity index (χ0) is 23.4. The lowest BCUT2D eigenvalue weighted by molar-refractivity contribution is -0.132. The van der Waals surface area contributed by atoms with Gasteiger partial charge in [-0.1, -0.05) is 11.2 Å². The van der Waals surface area contributed by atoms with E-state index in [4.69, 9.17) is 9.26 Å². The fraction of sp³-hybridized carbons (Fsp3) is 0.333. The molecule has 2 aromatic carbocycles. The van der Waals surface area contributed by atoms with Crippen molar-refractivity contribution in [2.45, 2.75) is 19.8 Å². The summed E-state index contributed by atoms with van der Waals surface area (Å²) in [4.78, 5) is 33.0. The molecule has 1 aliphatic rings. The fourth-order valence-corrected chi connectivity index (χ4v) is 3.65. The van der Waals surface area contributed by atoms with Crippen LogP contribution in [-0.2, 0) is 11.2 Å². The Morgan fingerprint density at radius 1 is 1.06 bits per heavy atom. The molecule has 0 aliphatic carbocycles. The second-order valence-electron chi connectivity index (χ2n) is 7.88. The lowest BCUT2D eigenvalue weighted by atomic mass is 10.1. The van der Waals surface area contributed by atoms with Gasteiger partial charge in [-0.15, -0.1) is 0 Å². The molecule has 0 N–H and O–H groups in total. The number of aryl methyl sites for hydroxylation is 2. The Bertz CT molecular complexity index is 1140. The molecule has 8 nitrogen and oxygen atoms in total. The summed E-state index contributed by atoms with van der Waals surface area (Å²) in [6.07, 6.45) is 0.575. The lowest BCUT2D eigenvalue weighted by Crippen LogP contribution is -2.50. The summed E-state index contributed by atoms with van der Waals surface area (Å²) in [5, 5.41) is 3.98. The largest absolute Gasteiger partial charge is 0.497 e. The van der Waals surface area contributed by atoms with Crippen LogP contribution in [0.1, 0.15) is 28.2 Å². The summed E-state index contributed by atoms with van der Waals surface area (Å²) >= 11 is 0. The van der Waals surface area contributed by atoms with E-state index < -0.39 is 5.82 Å². The van der Waals surface area contributed by atoms with Crippen molar-refractivity contribution in [1.82, 2.24) is 19.9 Å². The van der Waals surface area contributed by atoms with Crippen LogP contribution in [0.4, 0.5) is 4.39 Å². The molecule has 3 aromatic rings. The fourth-order valence-electron chi connectivity index (χ4n) is 3.65. The average molecular weight is 452 g/mol. The number of methoxy groups -OCH3 is 1. The van der Waals surface area contributed by atoms with Crippen molar-refractivity contribution < 1.29 is 23.2 Å². The van der Waals surface area contributed by atoms with Gasteiger partial charge in [-0.2, -0.15) is 4.98 Å². The first kappa shape index (κ1) is 22.4. The molecule has 2 heterocycles. The van der Waals surface area contributed by atoms with Gasteiger partial charge in [-0.05, 0) is 48.9 Å². The highest BCUT2D eigenvalue weighted by molar-refractivity contribution is 5.94. The van der Waals surface area contributed by atoms with Crippen LogP contribution in [-0.4, -0.2) is 65.0 Å². The Morgan fingerprint density at radius 3 is 2.42 bits per heavy atom. The van der Waals surface area contributed by atoms with Crippen LogP contribution >= 0.6 is 0 Å². The van der Waals surface area contributed by atoms with Crippen molar-refractivity contribution >= 4 is 11.8 Å². The van der Waals surface area contributed by atoms with Crippen LogP contribution in [0.5, 0.6) is 5.75 Å². The summed E-state index contributed by atoms with van der Waals surface area (Å²) in [6.45, 7) is 3.33. The molecule has 1 aromatic heterocycles. The Labute approximate surface area is 190 Å². The van der Waals surface area contributed by atoms with E-state index in [1.165, 1.54) is 6.07 Å². The lowest BCUT2D eigenvalue weighted by Gasteiger charge is -2.34. The van der Waals surface area contributed by atoms with Gasteiger partial charge < -0.3 is 19.1 Å². The molecule has 4 rings (SSSR count). The number of hydrogen-bond acceptors (Lipinski definition) is 6. The minimum absolute atomic E-state index is 0.0346. The maximum Gasteiger partial charge on any atom is 0.254 e. The number of rotatable bonds is 6. The van der Waals surface area contributed by atoms with Gasteiger partial charge in [0.05, 0.1) is 7.11 Å². The molecule has 2 amide bonds. The van der Waals surface area contributed by atoms with Crippen molar-refractivity contribution in [3.63, 3.8) is 0 Å². The monoisotopic (exact) mass is 452 g/mol. The van der Waals surface area contributed by atoms with E-state index >= 15 is 0 Å². The van der Waals surface area contributed by atoms with E-state index in [0.717, 1.165) is 11.3 Å². The molecule has 9 heteroatoms. The van der Waals surface area contributed by atoms with Crippen molar-refractivity contribution in [2.75, 3.05) is 33.3 Å². The van der Waals surface area contributed by atoms with Gasteiger partial charge in [0.2, 0.25) is 17.6 Å². The van der Waals surface area contributed by atoms with Crippen LogP contribution in [0.3, 0.4) is 0 Å². The minimum atomic E-state index is -0.397. The first-order valence-electron chi connectivity index (χ1n) is 10.7. The highest BCUT2D eigenvalue weighted by Gasteiger charge is 2.25. The second-order valence-corrected chi connectivity index (χ2v) is 7.88. The normalized spacial score (nSPS) is 13.8. The maximum absolute atomic E-state index is 13.8. The van der Waals surface area contributed by atoms with Gasteiger partial charge in [0.25, 0.3) is 5.91 Å². The number of carbonyl (C=O) groups excluding carboxylic acids is 2. The Balaban J connectivity index is 1.27. The molecule has 0 spiro atoms. The summed E-state index contributed by atoms with van der Waals surface area (Å²) < 4.78 is 24.2. The Hall–Kier alpha value is -3.75. The third kappa shape index (κ3) is 5.19.